The summed E-state index contributed by atoms with van der Waals surface area (Å²) in [7, 11) is 0. The Morgan fingerprint density at radius 3 is 2.61 bits per heavy atom. The van der Waals surface area contributed by atoms with Crippen molar-refractivity contribution in [2.45, 2.75) is 0 Å². The van der Waals surface area contributed by atoms with E-state index < -0.39 is 0 Å². The number of hydrogen-bond donors (Lipinski definition) is 2. The predicted molar refractivity (Wildman–Crippen MR) is 115 cm³/mol. The van der Waals surface area contributed by atoms with Gasteiger partial charge < -0.3 is 4.98 Å². The molecule has 0 radical (unpaired) electrons. The number of aromatic nitrogens is 7. The summed E-state index contributed by atoms with van der Waals surface area (Å²) in [6, 6.07) is 12.5. The van der Waals surface area contributed by atoms with E-state index in [1.54, 1.807) is 43.1 Å². The molecule has 2 N–H and O–H groups in total. The Kier molecular flexibility index (Phi) is 3.82. The van der Waals surface area contributed by atoms with Gasteiger partial charge in [0.1, 0.15) is 11.5 Å². The van der Waals surface area contributed by atoms with Crippen molar-refractivity contribution in [1.82, 2.24) is 35.1 Å². The number of rotatable bonds is 3. The molecule has 7 nitrogen and oxygen atoms in total. The molecule has 6 aromatic rings. The molecule has 0 saturated heterocycles. The first-order chi connectivity index (χ1) is 15.3. The largest absolute Gasteiger partial charge is 0.338 e. The molecule has 0 unspecified atom stereocenters. The zero-order valence-electron chi connectivity index (χ0n) is 16.0. The van der Waals surface area contributed by atoms with Gasteiger partial charge in [-0.25, -0.2) is 14.4 Å². The maximum Gasteiger partial charge on any atom is 0.181 e. The maximum absolute atomic E-state index is 14.4. The van der Waals surface area contributed by atoms with Crippen molar-refractivity contribution in [2.75, 3.05) is 0 Å². The van der Waals surface area contributed by atoms with Crippen LogP contribution in [0.15, 0.2) is 73.4 Å². The fraction of sp³-hybridized carbons (Fsp3) is 0. The van der Waals surface area contributed by atoms with Crippen LogP contribution in [0.4, 0.5) is 4.39 Å². The van der Waals surface area contributed by atoms with E-state index in [0.29, 0.717) is 16.9 Å². The molecule has 0 aliphatic heterocycles. The van der Waals surface area contributed by atoms with E-state index >= 15 is 0 Å². The van der Waals surface area contributed by atoms with Gasteiger partial charge >= 0.3 is 0 Å². The summed E-state index contributed by atoms with van der Waals surface area (Å²) >= 11 is 0. The van der Waals surface area contributed by atoms with Gasteiger partial charge in [0.2, 0.25) is 0 Å². The molecule has 148 valence electrons. The minimum Gasteiger partial charge on any atom is -0.338 e. The zero-order chi connectivity index (χ0) is 20.8. The van der Waals surface area contributed by atoms with Crippen LogP contribution in [0.25, 0.3) is 55.8 Å². The molecule has 6 rings (SSSR count). The van der Waals surface area contributed by atoms with E-state index in [1.807, 2.05) is 24.3 Å². The van der Waals surface area contributed by atoms with E-state index in [-0.39, 0.29) is 5.82 Å². The summed E-state index contributed by atoms with van der Waals surface area (Å²) in [6.45, 7) is 0. The molecule has 1 aromatic carbocycles. The molecule has 5 aromatic heterocycles. The van der Waals surface area contributed by atoms with E-state index in [1.165, 1.54) is 6.07 Å². The van der Waals surface area contributed by atoms with Gasteiger partial charge in [-0.15, -0.1) is 0 Å². The van der Waals surface area contributed by atoms with Gasteiger partial charge in [0.25, 0.3) is 0 Å². The molecule has 0 aliphatic carbocycles. The van der Waals surface area contributed by atoms with E-state index in [9.17, 15) is 4.39 Å². The Hall–Kier alpha value is -4.46. The summed E-state index contributed by atoms with van der Waals surface area (Å²) < 4.78 is 14.4. The molecule has 0 spiro atoms. The lowest BCUT2D eigenvalue weighted by molar-refractivity contribution is 0.631. The monoisotopic (exact) mass is 407 g/mol. The van der Waals surface area contributed by atoms with Crippen molar-refractivity contribution in [2.24, 2.45) is 0 Å². The molecule has 31 heavy (non-hydrogen) atoms. The standard InChI is InChI=1S/C23H14FN7/c24-18-4-2-1-3-15(18)14-5-6-27-22-16(14)10-19(29-22)21-17-9-13(11-28-23(17)31-30-21)20-12-25-7-8-26-20/h1-12H,(H,27,29)(H,28,30,31). The Morgan fingerprint density at radius 2 is 1.74 bits per heavy atom. The highest BCUT2D eigenvalue weighted by Gasteiger charge is 2.16. The minimum atomic E-state index is -0.275. The number of hydrogen-bond acceptors (Lipinski definition) is 5. The highest BCUT2D eigenvalue weighted by molar-refractivity contribution is 5.99. The predicted octanol–water partition coefficient (Wildman–Crippen LogP) is 4.76. The van der Waals surface area contributed by atoms with Gasteiger partial charge in [-0.1, -0.05) is 18.2 Å². The average molecular weight is 407 g/mol. The molecular weight excluding hydrogens is 393 g/mol. The second-order valence-electron chi connectivity index (χ2n) is 7.07. The number of fused-ring (bicyclic) bond motifs is 2. The smallest absolute Gasteiger partial charge is 0.181 e. The number of nitrogens with one attached hydrogen (secondary N) is 2. The van der Waals surface area contributed by atoms with Crippen molar-refractivity contribution >= 4 is 22.1 Å². The van der Waals surface area contributed by atoms with Gasteiger partial charge in [-0.05, 0) is 29.8 Å². The van der Waals surface area contributed by atoms with Crippen LogP contribution in [0.5, 0.6) is 0 Å². The first-order valence-corrected chi connectivity index (χ1v) is 9.61. The molecule has 0 bridgehead atoms. The Bertz CT molecular complexity index is 1550. The van der Waals surface area contributed by atoms with Crippen molar-refractivity contribution in [1.29, 1.82) is 0 Å². The lowest BCUT2D eigenvalue weighted by atomic mass is 10.0. The van der Waals surface area contributed by atoms with Gasteiger partial charge in [0.05, 0.1) is 23.3 Å². The van der Waals surface area contributed by atoms with Crippen molar-refractivity contribution in [3.8, 4) is 33.8 Å². The molecule has 5 heterocycles. The van der Waals surface area contributed by atoms with Crippen LogP contribution in [0.1, 0.15) is 0 Å². The number of H-pyrrole nitrogens is 2. The lowest BCUT2D eigenvalue weighted by Gasteiger charge is -2.04. The highest BCUT2D eigenvalue weighted by Crippen LogP contribution is 2.34. The third kappa shape index (κ3) is 2.84. The van der Waals surface area contributed by atoms with Crippen molar-refractivity contribution in [3.63, 3.8) is 0 Å². The normalized spacial score (nSPS) is 11.4. The fourth-order valence-electron chi connectivity index (χ4n) is 3.77. The highest BCUT2D eigenvalue weighted by atomic mass is 19.1. The molecule has 0 atom stereocenters. The Morgan fingerprint density at radius 1 is 0.806 bits per heavy atom. The van der Waals surface area contributed by atoms with Crippen LogP contribution >= 0.6 is 0 Å². The van der Waals surface area contributed by atoms with E-state index in [2.05, 4.69) is 35.1 Å². The summed E-state index contributed by atoms with van der Waals surface area (Å²) in [6.07, 6.45) is 8.35. The fourth-order valence-corrected chi connectivity index (χ4v) is 3.77. The maximum atomic E-state index is 14.4. The van der Waals surface area contributed by atoms with Gasteiger partial charge in [0, 0.05) is 46.7 Å². The van der Waals surface area contributed by atoms with Crippen LogP contribution < -0.4 is 0 Å². The summed E-state index contributed by atoms with van der Waals surface area (Å²) in [5, 5.41) is 9.04. The van der Waals surface area contributed by atoms with Gasteiger partial charge in [-0.3, -0.25) is 15.1 Å². The molecule has 0 amide bonds. The van der Waals surface area contributed by atoms with Crippen LogP contribution in [0.3, 0.4) is 0 Å². The van der Waals surface area contributed by atoms with Gasteiger partial charge in [0.15, 0.2) is 5.65 Å². The van der Waals surface area contributed by atoms with Crippen molar-refractivity contribution in [3.05, 3.63) is 79.3 Å². The Labute approximate surface area is 175 Å². The lowest BCUT2D eigenvalue weighted by Crippen LogP contribution is -1.86. The first kappa shape index (κ1) is 17.4. The van der Waals surface area contributed by atoms with Gasteiger partial charge in [-0.2, -0.15) is 5.10 Å². The molecular formula is C23H14FN7. The average Bonchev–Trinajstić information content (AvgIpc) is 3.43. The molecule has 8 heteroatoms. The SMILES string of the molecule is Fc1ccccc1-c1ccnc2[nH]c(-c3[nH]nc4ncc(-c5cnccn5)cc34)cc12. The van der Waals surface area contributed by atoms with Crippen LogP contribution in [0.2, 0.25) is 0 Å². The van der Waals surface area contributed by atoms with Crippen molar-refractivity contribution < 1.29 is 4.39 Å². The number of pyridine rings is 2. The second-order valence-corrected chi connectivity index (χ2v) is 7.07. The molecule has 0 aliphatic rings. The van der Waals surface area contributed by atoms with Crippen LogP contribution in [0, 0.1) is 5.82 Å². The molecule has 0 fully saturated rings. The van der Waals surface area contributed by atoms with Crippen LogP contribution in [-0.4, -0.2) is 35.1 Å². The summed E-state index contributed by atoms with van der Waals surface area (Å²) in [5.41, 5.74) is 5.67. The number of nitrogens with zero attached hydrogens (tertiary/aromatic N) is 5. The summed E-state index contributed by atoms with van der Waals surface area (Å²) in [5.74, 6) is -0.275. The third-order valence-electron chi connectivity index (χ3n) is 5.23. The summed E-state index contributed by atoms with van der Waals surface area (Å²) in [4.78, 5) is 20.7. The number of aromatic amines is 2. The quantitative estimate of drug-likeness (QED) is 0.441. The number of halogens is 1. The third-order valence-corrected chi connectivity index (χ3v) is 5.23. The first-order valence-electron chi connectivity index (χ1n) is 9.61. The minimum absolute atomic E-state index is 0.275. The second kappa shape index (κ2) is 6.81. The van der Waals surface area contributed by atoms with Crippen LogP contribution in [-0.2, 0) is 0 Å². The topological polar surface area (TPSA) is 96.0 Å². The zero-order valence-corrected chi connectivity index (χ0v) is 16.0. The van der Waals surface area contributed by atoms with E-state index in [0.717, 1.165) is 39.0 Å². The van der Waals surface area contributed by atoms with E-state index in [4.69, 9.17) is 0 Å². The molecule has 0 saturated carbocycles. The number of benzene rings is 1. The Balaban J connectivity index is 1.53.